The Bertz CT molecular complexity index is 635. The van der Waals surface area contributed by atoms with Gasteiger partial charge < -0.3 is 9.67 Å². The molecule has 0 saturated heterocycles. The fourth-order valence-corrected chi connectivity index (χ4v) is 2.32. The van der Waals surface area contributed by atoms with Crippen LogP contribution in [0, 0.1) is 6.92 Å². The van der Waals surface area contributed by atoms with Gasteiger partial charge in [-0.2, -0.15) is 0 Å². The molecule has 0 bridgehead atoms. The molecule has 1 heterocycles. The molecular formula is C14H13NO. The lowest BCUT2D eigenvalue weighted by Crippen LogP contribution is -1.85. The predicted molar refractivity (Wildman–Crippen MR) is 66.8 cm³/mol. The van der Waals surface area contributed by atoms with Crippen molar-refractivity contribution in [1.29, 1.82) is 0 Å². The highest BCUT2D eigenvalue weighted by atomic mass is 16.3. The number of phenolic OH excluding ortho intramolecular Hbond substituents is 1. The molecule has 3 aromatic rings. The largest absolute Gasteiger partial charge is 0.508 e. The molecule has 0 saturated carbocycles. The van der Waals surface area contributed by atoms with Crippen molar-refractivity contribution in [2.45, 2.75) is 6.92 Å². The average molecular weight is 211 g/mol. The van der Waals surface area contributed by atoms with Crippen LogP contribution in [-0.2, 0) is 7.05 Å². The van der Waals surface area contributed by atoms with Gasteiger partial charge in [-0.1, -0.05) is 11.6 Å². The highest BCUT2D eigenvalue weighted by molar-refractivity contribution is 6.08. The minimum absolute atomic E-state index is 0.321. The van der Waals surface area contributed by atoms with E-state index in [0.717, 1.165) is 10.9 Å². The zero-order valence-corrected chi connectivity index (χ0v) is 9.36. The fourth-order valence-electron chi connectivity index (χ4n) is 2.32. The fraction of sp³-hybridized carbons (Fsp3) is 0.143. The van der Waals surface area contributed by atoms with Crippen LogP contribution in [0.1, 0.15) is 5.56 Å². The Hall–Kier alpha value is -1.96. The first-order valence-corrected chi connectivity index (χ1v) is 5.34. The molecule has 0 aliphatic carbocycles. The van der Waals surface area contributed by atoms with Crippen molar-refractivity contribution in [3.8, 4) is 5.75 Å². The van der Waals surface area contributed by atoms with E-state index in [1.165, 1.54) is 16.5 Å². The number of nitrogens with zero attached hydrogens (tertiary/aromatic N) is 1. The van der Waals surface area contributed by atoms with Gasteiger partial charge >= 0.3 is 0 Å². The molecule has 0 fully saturated rings. The molecular weight excluding hydrogens is 198 g/mol. The summed E-state index contributed by atoms with van der Waals surface area (Å²) in [5.41, 5.74) is 3.59. The standard InChI is InChI=1S/C14H13NO/c1-9-3-5-13-11(7-9)12-8-10(16)4-6-14(12)15(13)2/h3-8,16H,1-2H3. The second-order valence-electron chi connectivity index (χ2n) is 4.28. The zero-order valence-electron chi connectivity index (χ0n) is 9.36. The molecule has 2 nitrogen and oxygen atoms in total. The van der Waals surface area contributed by atoms with E-state index in [4.69, 9.17) is 0 Å². The predicted octanol–water partition coefficient (Wildman–Crippen LogP) is 3.35. The van der Waals surface area contributed by atoms with Crippen molar-refractivity contribution in [3.63, 3.8) is 0 Å². The lowest BCUT2D eigenvalue weighted by atomic mass is 10.1. The Morgan fingerprint density at radius 1 is 0.938 bits per heavy atom. The van der Waals surface area contributed by atoms with Crippen LogP contribution in [0.15, 0.2) is 36.4 Å². The van der Waals surface area contributed by atoms with E-state index < -0.39 is 0 Å². The van der Waals surface area contributed by atoms with Gasteiger partial charge in [0.25, 0.3) is 0 Å². The summed E-state index contributed by atoms with van der Waals surface area (Å²) in [7, 11) is 2.05. The second-order valence-corrected chi connectivity index (χ2v) is 4.28. The summed E-state index contributed by atoms with van der Waals surface area (Å²) < 4.78 is 2.16. The molecule has 0 aliphatic rings. The summed E-state index contributed by atoms with van der Waals surface area (Å²) in [5, 5.41) is 11.9. The quantitative estimate of drug-likeness (QED) is 0.606. The highest BCUT2D eigenvalue weighted by Crippen LogP contribution is 2.30. The molecule has 1 aromatic heterocycles. The number of fused-ring (bicyclic) bond motifs is 3. The van der Waals surface area contributed by atoms with Crippen LogP contribution in [-0.4, -0.2) is 9.67 Å². The molecule has 0 spiro atoms. The van der Waals surface area contributed by atoms with E-state index >= 15 is 0 Å². The van der Waals surface area contributed by atoms with Crippen molar-refractivity contribution in [2.75, 3.05) is 0 Å². The van der Waals surface area contributed by atoms with Crippen LogP contribution in [0.25, 0.3) is 21.8 Å². The second kappa shape index (κ2) is 3.01. The maximum Gasteiger partial charge on any atom is 0.116 e. The summed E-state index contributed by atoms with van der Waals surface area (Å²) in [5.74, 6) is 0.321. The van der Waals surface area contributed by atoms with E-state index in [1.807, 2.05) is 12.1 Å². The maximum absolute atomic E-state index is 9.56. The normalized spacial score (nSPS) is 11.4. The number of aromatic nitrogens is 1. The maximum atomic E-state index is 9.56. The smallest absolute Gasteiger partial charge is 0.116 e. The van der Waals surface area contributed by atoms with Crippen molar-refractivity contribution >= 4 is 21.8 Å². The van der Waals surface area contributed by atoms with Gasteiger partial charge in [0.05, 0.1) is 0 Å². The van der Waals surface area contributed by atoms with Crippen molar-refractivity contribution < 1.29 is 5.11 Å². The van der Waals surface area contributed by atoms with Gasteiger partial charge in [0.2, 0.25) is 0 Å². The van der Waals surface area contributed by atoms with Crippen LogP contribution in [0.2, 0.25) is 0 Å². The van der Waals surface area contributed by atoms with Gasteiger partial charge in [-0.3, -0.25) is 0 Å². The zero-order chi connectivity index (χ0) is 11.3. The van der Waals surface area contributed by atoms with E-state index in [1.54, 1.807) is 6.07 Å². The SMILES string of the molecule is Cc1ccc2c(c1)c1cc(O)ccc1n2C. The molecule has 2 heteroatoms. The lowest BCUT2D eigenvalue weighted by Gasteiger charge is -1.97. The van der Waals surface area contributed by atoms with Crippen LogP contribution in [0.4, 0.5) is 0 Å². The molecule has 0 unspecified atom stereocenters. The van der Waals surface area contributed by atoms with Crippen LogP contribution < -0.4 is 0 Å². The summed E-state index contributed by atoms with van der Waals surface area (Å²) >= 11 is 0. The molecule has 2 aromatic carbocycles. The Balaban J connectivity index is 2.60. The number of aryl methyl sites for hydroxylation is 2. The first-order valence-electron chi connectivity index (χ1n) is 5.34. The van der Waals surface area contributed by atoms with E-state index in [-0.39, 0.29) is 0 Å². The number of hydrogen-bond donors (Lipinski definition) is 1. The minimum atomic E-state index is 0.321. The van der Waals surface area contributed by atoms with Crippen LogP contribution >= 0.6 is 0 Å². The summed E-state index contributed by atoms with van der Waals surface area (Å²) in [4.78, 5) is 0. The van der Waals surface area contributed by atoms with Crippen molar-refractivity contribution in [1.82, 2.24) is 4.57 Å². The van der Waals surface area contributed by atoms with Gasteiger partial charge in [-0.05, 0) is 37.3 Å². The topological polar surface area (TPSA) is 25.2 Å². The van der Waals surface area contributed by atoms with Gasteiger partial charge in [0.1, 0.15) is 5.75 Å². The molecule has 16 heavy (non-hydrogen) atoms. The third-order valence-electron chi connectivity index (χ3n) is 3.15. The number of aromatic hydroxyl groups is 1. The van der Waals surface area contributed by atoms with E-state index in [9.17, 15) is 5.11 Å². The summed E-state index contributed by atoms with van der Waals surface area (Å²) in [6, 6.07) is 11.9. The molecule has 80 valence electrons. The minimum Gasteiger partial charge on any atom is -0.508 e. The third-order valence-corrected chi connectivity index (χ3v) is 3.15. The number of benzene rings is 2. The van der Waals surface area contributed by atoms with Gasteiger partial charge in [0.15, 0.2) is 0 Å². The number of hydrogen-bond acceptors (Lipinski definition) is 1. The first-order chi connectivity index (χ1) is 7.66. The molecule has 0 atom stereocenters. The highest BCUT2D eigenvalue weighted by Gasteiger charge is 2.08. The van der Waals surface area contributed by atoms with Gasteiger partial charge in [-0.25, -0.2) is 0 Å². The average Bonchev–Trinajstić information content (AvgIpc) is 2.52. The Morgan fingerprint density at radius 2 is 1.56 bits per heavy atom. The van der Waals surface area contributed by atoms with Gasteiger partial charge in [-0.15, -0.1) is 0 Å². The molecule has 1 N–H and O–H groups in total. The molecule has 0 amide bonds. The first kappa shape index (κ1) is 9.28. The number of rotatable bonds is 0. The molecule has 3 rings (SSSR count). The number of phenols is 1. The Kier molecular flexibility index (Phi) is 1.75. The van der Waals surface area contributed by atoms with Gasteiger partial charge in [0, 0.05) is 28.9 Å². The summed E-state index contributed by atoms with van der Waals surface area (Å²) in [6.07, 6.45) is 0. The monoisotopic (exact) mass is 211 g/mol. The lowest BCUT2D eigenvalue weighted by molar-refractivity contribution is 0.476. The molecule has 0 radical (unpaired) electrons. The van der Waals surface area contributed by atoms with Crippen molar-refractivity contribution in [2.24, 2.45) is 7.05 Å². The summed E-state index contributed by atoms with van der Waals surface area (Å²) in [6.45, 7) is 2.08. The Labute approximate surface area is 93.7 Å². The van der Waals surface area contributed by atoms with E-state index in [0.29, 0.717) is 5.75 Å². The molecule has 0 aliphatic heterocycles. The van der Waals surface area contributed by atoms with Crippen LogP contribution in [0.5, 0.6) is 5.75 Å². The van der Waals surface area contributed by atoms with Crippen molar-refractivity contribution in [3.05, 3.63) is 42.0 Å². The van der Waals surface area contributed by atoms with Crippen LogP contribution in [0.3, 0.4) is 0 Å². The third kappa shape index (κ3) is 1.13. The van der Waals surface area contributed by atoms with E-state index in [2.05, 4.69) is 36.7 Å². The Morgan fingerprint density at radius 3 is 2.31 bits per heavy atom.